The van der Waals surface area contributed by atoms with Gasteiger partial charge in [0.25, 0.3) is 11.8 Å². The first-order valence-corrected chi connectivity index (χ1v) is 18.8. The summed E-state index contributed by atoms with van der Waals surface area (Å²) in [5.41, 5.74) is 7.56. The van der Waals surface area contributed by atoms with E-state index >= 15 is 0 Å². The Morgan fingerprint density at radius 3 is 1.98 bits per heavy atom. The van der Waals surface area contributed by atoms with Gasteiger partial charge in [0.05, 0.1) is 12.3 Å². The van der Waals surface area contributed by atoms with Crippen molar-refractivity contribution in [2.24, 2.45) is 0 Å². The molecule has 5 aromatic rings. The normalized spacial score (nSPS) is 18.8. The van der Waals surface area contributed by atoms with E-state index < -0.39 is 17.8 Å². The zero-order chi connectivity index (χ0) is 36.5. The van der Waals surface area contributed by atoms with Crippen LogP contribution in [0.15, 0.2) is 125 Å². The van der Waals surface area contributed by atoms with Crippen LogP contribution in [0.5, 0.6) is 11.5 Å². The standard InChI is InChI=1S/C44H38BrN3O5/c1-2-52-40-24-29(15-18-39(40)53-27-28-13-16-32(45)17-14-28)23-38-42(49)46-44(51)48(43(38)50)33-25-36-34(30-9-5-3-6-10-30)19-21-47-22-20-35(37(26-33)41(36)47)31-11-7-4-8-12-31/h3-18,23-26,34-35H,2,19-22,27H2,1H3,(H,46,49,51)/b38-23+/t34-,35-/m0/s1. The number of barbiturate groups is 1. The number of ether oxygens (including phenoxy) is 2. The molecule has 5 aromatic carbocycles. The van der Waals surface area contributed by atoms with Crippen LogP contribution in [0.4, 0.5) is 16.2 Å². The number of carbonyl (C=O) groups excluding carboxylic acids is 3. The number of halogens is 1. The van der Waals surface area contributed by atoms with Gasteiger partial charge in [0, 0.05) is 35.1 Å². The highest BCUT2D eigenvalue weighted by Gasteiger charge is 2.40. The SMILES string of the molecule is CCOc1cc(/C=C2\C(=O)NC(=O)N(c3cc4c5c(c3)[C@H](c3ccccc3)CCN5CC[C@H]4c3ccccc3)C2=O)ccc1OCc1ccc(Br)cc1. The summed E-state index contributed by atoms with van der Waals surface area (Å²) >= 11 is 3.46. The van der Waals surface area contributed by atoms with E-state index in [2.05, 4.69) is 50.4 Å². The van der Waals surface area contributed by atoms with E-state index in [1.165, 1.54) is 22.9 Å². The molecule has 4 amide bonds. The Morgan fingerprint density at radius 2 is 1.38 bits per heavy atom. The molecule has 8 rings (SSSR count). The van der Waals surface area contributed by atoms with Crippen LogP contribution in [0, 0.1) is 0 Å². The molecule has 0 aromatic heterocycles. The molecule has 3 aliphatic rings. The second-order valence-electron chi connectivity index (χ2n) is 13.5. The van der Waals surface area contributed by atoms with Crippen molar-refractivity contribution in [1.29, 1.82) is 0 Å². The summed E-state index contributed by atoms with van der Waals surface area (Å²) in [7, 11) is 0. The Morgan fingerprint density at radius 1 is 0.755 bits per heavy atom. The van der Waals surface area contributed by atoms with Crippen molar-refractivity contribution in [3.8, 4) is 11.5 Å². The number of anilines is 2. The summed E-state index contributed by atoms with van der Waals surface area (Å²) in [4.78, 5) is 44.9. The highest BCUT2D eigenvalue weighted by Crippen LogP contribution is 2.50. The predicted molar refractivity (Wildman–Crippen MR) is 210 cm³/mol. The molecule has 3 aliphatic heterocycles. The van der Waals surface area contributed by atoms with Gasteiger partial charge < -0.3 is 14.4 Å². The minimum Gasteiger partial charge on any atom is -0.490 e. The van der Waals surface area contributed by atoms with Gasteiger partial charge in [-0.15, -0.1) is 0 Å². The molecule has 266 valence electrons. The molecule has 2 atom stereocenters. The van der Waals surface area contributed by atoms with Crippen LogP contribution in [0.2, 0.25) is 0 Å². The van der Waals surface area contributed by atoms with Gasteiger partial charge in [0.15, 0.2) is 11.5 Å². The maximum atomic E-state index is 14.4. The van der Waals surface area contributed by atoms with E-state index in [9.17, 15) is 14.4 Å². The van der Waals surface area contributed by atoms with Gasteiger partial charge in [-0.2, -0.15) is 0 Å². The van der Waals surface area contributed by atoms with Crippen molar-refractivity contribution in [3.63, 3.8) is 0 Å². The number of nitrogens with zero attached hydrogens (tertiary/aromatic N) is 2. The fourth-order valence-corrected chi connectivity index (χ4v) is 8.04. The summed E-state index contributed by atoms with van der Waals surface area (Å²) < 4.78 is 13.0. The van der Waals surface area contributed by atoms with E-state index in [4.69, 9.17) is 9.47 Å². The number of nitrogens with one attached hydrogen (secondary N) is 1. The minimum absolute atomic E-state index is 0.0803. The third-order valence-corrected chi connectivity index (χ3v) is 10.8. The van der Waals surface area contributed by atoms with E-state index in [-0.39, 0.29) is 17.4 Å². The highest BCUT2D eigenvalue weighted by molar-refractivity contribution is 9.10. The first-order valence-electron chi connectivity index (χ1n) is 18.0. The molecular formula is C44H38BrN3O5. The lowest BCUT2D eigenvalue weighted by Crippen LogP contribution is -2.54. The second-order valence-corrected chi connectivity index (χ2v) is 14.4. The molecular weight excluding hydrogens is 730 g/mol. The van der Waals surface area contributed by atoms with Gasteiger partial charge in [-0.3, -0.25) is 14.9 Å². The molecule has 3 heterocycles. The largest absolute Gasteiger partial charge is 0.490 e. The number of amides is 4. The molecule has 1 saturated heterocycles. The third kappa shape index (κ3) is 6.84. The summed E-state index contributed by atoms with van der Waals surface area (Å²) in [6, 6.07) is 37.1. The van der Waals surface area contributed by atoms with Crippen molar-refractivity contribution in [3.05, 3.63) is 159 Å². The zero-order valence-electron chi connectivity index (χ0n) is 29.3. The van der Waals surface area contributed by atoms with Crippen LogP contribution in [0.3, 0.4) is 0 Å². The zero-order valence-corrected chi connectivity index (χ0v) is 30.8. The lowest BCUT2D eigenvalue weighted by molar-refractivity contribution is -0.122. The second kappa shape index (κ2) is 14.8. The van der Waals surface area contributed by atoms with Crippen molar-refractivity contribution < 1.29 is 23.9 Å². The van der Waals surface area contributed by atoms with Gasteiger partial charge in [-0.1, -0.05) is 94.8 Å². The van der Waals surface area contributed by atoms with Crippen molar-refractivity contribution in [2.75, 3.05) is 29.5 Å². The molecule has 0 aliphatic carbocycles. The average Bonchev–Trinajstić information content (AvgIpc) is 3.18. The van der Waals surface area contributed by atoms with Crippen molar-refractivity contribution >= 4 is 51.2 Å². The predicted octanol–water partition coefficient (Wildman–Crippen LogP) is 8.97. The Kier molecular flexibility index (Phi) is 9.58. The van der Waals surface area contributed by atoms with E-state index in [1.807, 2.05) is 79.7 Å². The molecule has 9 heteroatoms. The van der Waals surface area contributed by atoms with Gasteiger partial charge in [-0.05, 0) is 95.6 Å². The molecule has 8 nitrogen and oxygen atoms in total. The number of imide groups is 2. The average molecular weight is 769 g/mol. The molecule has 0 radical (unpaired) electrons. The summed E-state index contributed by atoms with van der Waals surface area (Å²) in [5.74, 6) is -0.262. The van der Waals surface area contributed by atoms with E-state index in [1.54, 1.807) is 18.2 Å². The number of benzene rings is 5. The molecule has 0 spiro atoms. The quantitative estimate of drug-likeness (QED) is 0.119. The van der Waals surface area contributed by atoms with Gasteiger partial charge >= 0.3 is 6.03 Å². The highest BCUT2D eigenvalue weighted by atomic mass is 79.9. The number of rotatable bonds is 9. The lowest BCUT2D eigenvalue weighted by atomic mass is 9.76. The number of urea groups is 1. The maximum absolute atomic E-state index is 14.4. The molecule has 0 bridgehead atoms. The Balaban J connectivity index is 1.17. The van der Waals surface area contributed by atoms with Crippen LogP contribution in [0.25, 0.3) is 6.08 Å². The lowest BCUT2D eigenvalue weighted by Gasteiger charge is -2.44. The number of hydrogen-bond acceptors (Lipinski definition) is 6. The smallest absolute Gasteiger partial charge is 0.335 e. The van der Waals surface area contributed by atoms with Crippen LogP contribution in [-0.4, -0.2) is 37.5 Å². The first kappa shape index (κ1) is 34.4. The third-order valence-electron chi connectivity index (χ3n) is 10.2. The molecule has 1 fully saturated rings. The summed E-state index contributed by atoms with van der Waals surface area (Å²) in [5, 5.41) is 2.44. The van der Waals surface area contributed by atoms with Gasteiger partial charge in [-0.25, -0.2) is 9.69 Å². The maximum Gasteiger partial charge on any atom is 0.335 e. The Labute approximate surface area is 317 Å². The summed E-state index contributed by atoms with van der Waals surface area (Å²) in [6.45, 7) is 4.44. The fourth-order valence-electron chi connectivity index (χ4n) is 7.77. The molecule has 0 unspecified atom stereocenters. The fraction of sp³-hybridized carbons (Fsp3) is 0.205. The van der Waals surface area contributed by atoms with Crippen LogP contribution >= 0.6 is 15.9 Å². The summed E-state index contributed by atoms with van der Waals surface area (Å²) in [6.07, 6.45) is 3.32. The topological polar surface area (TPSA) is 88.2 Å². The number of hydrogen-bond donors (Lipinski definition) is 1. The molecule has 0 saturated carbocycles. The minimum atomic E-state index is -0.771. The Hall–Kier alpha value is -5.67. The van der Waals surface area contributed by atoms with E-state index in [0.717, 1.165) is 52.0 Å². The van der Waals surface area contributed by atoms with Gasteiger partial charge in [0.2, 0.25) is 0 Å². The van der Waals surface area contributed by atoms with Gasteiger partial charge in [0.1, 0.15) is 12.2 Å². The van der Waals surface area contributed by atoms with Crippen LogP contribution in [-0.2, 0) is 16.2 Å². The van der Waals surface area contributed by atoms with Crippen LogP contribution < -0.4 is 24.6 Å². The van der Waals surface area contributed by atoms with Crippen molar-refractivity contribution in [2.45, 2.75) is 38.2 Å². The van der Waals surface area contributed by atoms with Crippen molar-refractivity contribution in [1.82, 2.24) is 5.32 Å². The molecule has 1 N–H and O–H groups in total. The monoisotopic (exact) mass is 767 g/mol. The first-order chi connectivity index (χ1) is 25.9. The molecule has 53 heavy (non-hydrogen) atoms. The number of carbonyl (C=O) groups is 3. The van der Waals surface area contributed by atoms with E-state index in [0.29, 0.717) is 36.0 Å². The van der Waals surface area contributed by atoms with Crippen LogP contribution in [0.1, 0.15) is 65.0 Å². The Bertz CT molecular complexity index is 2150.